The van der Waals surface area contributed by atoms with Crippen molar-refractivity contribution in [1.29, 1.82) is 0 Å². The fourth-order valence-corrected chi connectivity index (χ4v) is 1.99. The third-order valence-corrected chi connectivity index (χ3v) is 2.88. The molecule has 0 fully saturated rings. The Bertz CT molecular complexity index is 965. The minimum atomic E-state index is -2.58. The van der Waals surface area contributed by atoms with Crippen LogP contribution in [0.5, 0.6) is 5.75 Å². The number of methoxy groups -OCH3 is 1. The SMILES string of the molecule is [2H]C([2H])([2H])Oc1ccc2nc3cc(NC(C)=O)c(=O)cc-3oc2c1. The van der Waals surface area contributed by atoms with Gasteiger partial charge in [-0.15, -0.1) is 0 Å². The quantitative estimate of drug-likeness (QED) is 0.731. The van der Waals surface area contributed by atoms with Gasteiger partial charge in [0, 0.05) is 19.1 Å². The predicted octanol–water partition coefficient (Wildman–Crippen LogP) is 2.26. The van der Waals surface area contributed by atoms with Crippen molar-refractivity contribution < 1.29 is 18.1 Å². The fourth-order valence-electron chi connectivity index (χ4n) is 1.99. The summed E-state index contributed by atoms with van der Waals surface area (Å²) in [6, 6.07) is 7.03. The van der Waals surface area contributed by atoms with Crippen molar-refractivity contribution in [3.63, 3.8) is 0 Å². The van der Waals surface area contributed by atoms with Crippen LogP contribution in [0.15, 0.2) is 39.5 Å². The second-order valence-corrected chi connectivity index (χ2v) is 4.44. The molecule has 1 aliphatic carbocycles. The lowest BCUT2D eigenvalue weighted by molar-refractivity contribution is -0.114. The standard InChI is InChI=1S/C15H12N2O4/c1-8(18)16-11-6-12-15(7-13(11)19)21-14-5-9(20-2)3-4-10(14)17-12/h3-7H,1-2H3,(H,16,18)/i2D3. The van der Waals surface area contributed by atoms with Gasteiger partial charge in [0.25, 0.3) is 0 Å². The van der Waals surface area contributed by atoms with Gasteiger partial charge in [-0.05, 0) is 18.2 Å². The highest BCUT2D eigenvalue weighted by atomic mass is 16.5. The number of hydrogen-bond donors (Lipinski definition) is 1. The van der Waals surface area contributed by atoms with Crippen LogP contribution in [0.2, 0.25) is 0 Å². The van der Waals surface area contributed by atoms with Gasteiger partial charge in [-0.2, -0.15) is 0 Å². The Morgan fingerprint density at radius 2 is 2.24 bits per heavy atom. The van der Waals surface area contributed by atoms with Crippen molar-refractivity contribution in [3.8, 4) is 17.2 Å². The van der Waals surface area contributed by atoms with Crippen LogP contribution in [0, 0.1) is 0 Å². The maximum absolute atomic E-state index is 12.0. The van der Waals surface area contributed by atoms with Crippen molar-refractivity contribution in [2.24, 2.45) is 0 Å². The highest BCUT2D eigenvalue weighted by molar-refractivity contribution is 5.89. The maximum Gasteiger partial charge on any atom is 0.221 e. The summed E-state index contributed by atoms with van der Waals surface area (Å²) in [5.74, 6) is -0.0483. The van der Waals surface area contributed by atoms with Crippen LogP contribution >= 0.6 is 0 Å². The van der Waals surface area contributed by atoms with E-state index in [0.29, 0.717) is 11.2 Å². The first-order valence-corrected chi connectivity index (χ1v) is 6.06. The van der Waals surface area contributed by atoms with Crippen molar-refractivity contribution in [3.05, 3.63) is 40.6 Å². The molecular formula is C15H12N2O4. The lowest BCUT2D eigenvalue weighted by Crippen LogP contribution is -2.15. The molecule has 0 saturated heterocycles. The van der Waals surface area contributed by atoms with Gasteiger partial charge in [-0.25, -0.2) is 4.98 Å². The molecule has 2 aliphatic rings. The number of rotatable bonds is 2. The van der Waals surface area contributed by atoms with E-state index in [1.165, 1.54) is 31.2 Å². The topological polar surface area (TPSA) is 81.4 Å². The van der Waals surface area contributed by atoms with E-state index in [-0.39, 0.29) is 28.7 Å². The number of carbonyl (C=O) groups is 1. The molecule has 6 heteroatoms. The molecule has 6 nitrogen and oxygen atoms in total. The largest absolute Gasteiger partial charge is 0.497 e. The predicted molar refractivity (Wildman–Crippen MR) is 77.8 cm³/mol. The molecule has 1 heterocycles. The van der Waals surface area contributed by atoms with Gasteiger partial charge in [0.15, 0.2) is 11.3 Å². The van der Waals surface area contributed by atoms with Crippen molar-refractivity contribution in [2.45, 2.75) is 6.92 Å². The molecular weight excluding hydrogens is 272 g/mol. The molecule has 3 rings (SSSR count). The number of carbonyl (C=O) groups excluding carboxylic acids is 1. The van der Waals surface area contributed by atoms with Crippen LogP contribution in [0.4, 0.5) is 5.69 Å². The minimum absolute atomic E-state index is 0.101. The number of hydrogen-bond acceptors (Lipinski definition) is 5. The summed E-state index contributed by atoms with van der Waals surface area (Å²) >= 11 is 0. The minimum Gasteiger partial charge on any atom is -0.497 e. The Labute approximate surface area is 123 Å². The third-order valence-electron chi connectivity index (χ3n) is 2.88. The maximum atomic E-state index is 12.0. The van der Waals surface area contributed by atoms with Gasteiger partial charge < -0.3 is 14.5 Å². The van der Waals surface area contributed by atoms with Gasteiger partial charge in [0.1, 0.15) is 17.0 Å². The number of amides is 1. The van der Waals surface area contributed by atoms with Gasteiger partial charge in [0.05, 0.1) is 16.8 Å². The zero-order valence-corrected chi connectivity index (χ0v) is 11.0. The summed E-state index contributed by atoms with van der Waals surface area (Å²) in [5.41, 5.74) is 0.802. The number of ether oxygens (including phenoxy) is 1. The zero-order valence-electron chi connectivity index (χ0n) is 14.0. The summed E-state index contributed by atoms with van der Waals surface area (Å²) in [5, 5.41) is 2.43. The van der Waals surface area contributed by atoms with E-state index in [0.717, 1.165) is 0 Å². The first kappa shape index (κ1) is 9.93. The van der Waals surface area contributed by atoms with E-state index in [2.05, 4.69) is 10.3 Å². The summed E-state index contributed by atoms with van der Waals surface area (Å²) in [6.07, 6.45) is 0. The van der Waals surface area contributed by atoms with E-state index in [4.69, 9.17) is 13.3 Å². The zero-order chi connectivity index (χ0) is 17.5. The van der Waals surface area contributed by atoms with E-state index in [1.54, 1.807) is 6.07 Å². The van der Waals surface area contributed by atoms with Crippen LogP contribution in [0.1, 0.15) is 11.0 Å². The molecule has 0 bridgehead atoms. The van der Waals surface area contributed by atoms with Crippen LogP contribution < -0.4 is 15.5 Å². The lowest BCUT2D eigenvalue weighted by Gasteiger charge is -2.09. The van der Waals surface area contributed by atoms with Crippen LogP contribution in [-0.4, -0.2) is 17.9 Å². The van der Waals surface area contributed by atoms with Gasteiger partial charge in [0.2, 0.25) is 11.3 Å². The molecule has 0 unspecified atom stereocenters. The molecule has 1 N–H and O–H groups in total. The number of nitrogens with zero attached hydrogens (tertiary/aromatic N) is 1. The Morgan fingerprint density at radius 1 is 1.38 bits per heavy atom. The lowest BCUT2D eigenvalue weighted by atomic mass is 10.2. The Hall–Kier alpha value is -2.89. The number of fused-ring (bicyclic) bond motifs is 2. The van der Waals surface area contributed by atoms with E-state index in [1.807, 2.05) is 0 Å². The monoisotopic (exact) mass is 287 g/mol. The molecule has 106 valence electrons. The summed E-state index contributed by atoms with van der Waals surface area (Å²) in [6.45, 7) is 1.30. The van der Waals surface area contributed by atoms with Crippen molar-refractivity contribution in [1.82, 2.24) is 4.98 Å². The van der Waals surface area contributed by atoms with Gasteiger partial charge in [-0.1, -0.05) is 0 Å². The van der Waals surface area contributed by atoms with Crippen LogP contribution in [0.3, 0.4) is 0 Å². The van der Waals surface area contributed by atoms with Gasteiger partial charge >= 0.3 is 0 Å². The first-order chi connectivity index (χ1) is 11.2. The second-order valence-electron chi connectivity index (χ2n) is 4.44. The van der Waals surface area contributed by atoms with Crippen molar-refractivity contribution in [2.75, 3.05) is 12.4 Å². The van der Waals surface area contributed by atoms with Crippen LogP contribution in [0.25, 0.3) is 22.6 Å². The number of nitrogens with one attached hydrogen (secondary N) is 1. The molecule has 1 aliphatic heterocycles. The van der Waals surface area contributed by atoms with Gasteiger partial charge in [-0.3, -0.25) is 9.59 Å². The second kappa shape index (κ2) is 4.90. The molecule has 0 atom stereocenters. The third kappa shape index (κ3) is 2.43. The number of aromatic nitrogens is 1. The molecule has 1 aromatic carbocycles. The molecule has 1 aromatic rings. The highest BCUT2D eigenvalue weighted by Crippen LogP contribution is 2.27. The smallest absolute Gasteiger partial charge is 0.221 e. The Morgan fingerprint density at radius 3 is 3.00 bits per heavy atom. The molecule has 1 amide bonds. The normalized spacial score (nSPS) is 13.5. The van der Waals surface area contributed by atoms with E-state index < -0.39 is 12.5 Å². The van der Waals surface area contributed by atoms with Crippen molar-refractivity contribution >= 4 is 22.7 Å². The number of benzene rings is 2. The Balaban J connectivity index is 2.12. The molecule has 0 saturated carbocycles. The molecule has 0 spiro atoms. The average Bonchev–Trinajstić information content (AvgIpc) is 2.44. The first-order valence-electron chi connectivity index (χ1n) is 7.56. The summed E-state index contributed by atoms with van der Waals surface area (Å²) in [7, 11) is -2.58. The summed E-state index contributed by atoms with van der Waals surface area (Å²) < 4.78 is 31.7. The molecule has 21 heavy (non-hydrogen) atoms. The molecule has 0 radical (unpaired) electrons. The van der Waals surface area contributed by atoms with Crippen LogP contribution in [-0.2, 0) is 4.79 Å². The fraction of sp³-hybridized carbons (Fsp3) is 0.133. The van der Waals surface area contributed by atoms with E-state index in [9.17, 15) is 9.59 Å². The number of anilines is 1. The Kier molecular flexibility index (Phi) is 2.32. The highest BCUT2D eigenvalue weighted by Gasteiger charge is 2.14. The van der Waals surface area contributed by atoms with E-state index >= 15 is 0 Å². The molecule has 0 aromatic heterocycles. The average molecular weight is 287 g/mol. The summed E-state index contributed by atoms with van der Waals surface area (Å²) in [4.78, 5) is 27.4.